The van der Waals surface area contributed by atoms with Gasteiger partial charge in [-0.05, 0) is 24.2 Å². The Bertz CT molecular complexity index is 1030. The Hall–Kier alpha value is -2.40. The van der Waals surface area contributed by atoms with Gasteiger partial charge in [-0.25, -0.2) is 0 Å². The SMILES string of the molecule is CC[C@H](C)C(=O)OC[C@@]1(O[C@H]2O[C@H](CO)[C@@H](O)[C@H](O)[C@H]2OC(=O)CC(C)C)O[C@H](COC(=O)CC(C)C)[C@@H](O)[C@@H]1OC(=O)CC(C)C. The van der Waals surface area contributed by atoms with Crippen molar-refractivity contribution >= 4 is 23.9 Å². The summed E-state index contributed by atoms with van der Waals surface area (Å²) in [5, 5.41) is 42.9. The van der Waals surface area contributed by atoms with Gasteiger partial charge in [-0.2, -0.15) is 0 Å². The first-order valence-corrected chi connectivity index (χ1v) is 16.3. The second-order valence-electron chi connectivity index (χ2n) is 13.5. The first-order valence-electron chi connectivity index (χ1n) is 16.3. The number of carbonyl (C=O) groups excluding carboxylic acids is 4. The summed E-state index contributed by atoms with van der Waals surface area (Å²) in [7, 11) is 0. The number of rotatable bonds is 17. The van der Waals surface area contributed by atoms with Gasteiger partial charge in [-0.3, -0.25) is 19.2 Å². The van der Waals surface area contributed by atoms with Crippen molar-refractivity contribution in [1.82, 2.24) is 0 Å². The lowest BCUT2D eigenvalue weighted by Gasteiger charge is -2.45. The minimum Gasteiger partial charge on any atom is -0.463 e. The van der Waals surface area contributed by atoms with Crippen LogP contribution in [0.5, 0.6) is 0 Å². The Balaban J connectivity index is 2.60. The van der Waals surface area contributed by atoms with Crippen LogP contribution in [0.15, 0.2) is 0 Å². The van der Waals surface area contributed by atoms with E-state index < -0.39 is 104 Å². The van der Waals surface area contributed by atoms with Gasteiger partial charge in [0.1, 0.15) is 43.7 Å². The van der Waals surface area contributed by atoms with Crippen LogP contribution in [0, 0.1) is 23.7 Å². The molecule has 0 aromatic carbocycles. The van der Waals surface area contributed by atoms with Gasteiger partial charge >= 0.3 is 23.9 Å². The first kappa shape index (κ1) is 40.8. The lowest BCUT2D eigenvalue weighted by molar-refractivity contribution is -0.384. The highest BCUT2D eigenvalue weighted by molar-refractivity contribution is 5.72. The van der Waals surface area contributed by atoms with E-state index in [-0.39, 0.29) is 37.0 Å². The number of ether oxygens (including phenoxy) is 7. The van der Waals surface area contributed by atoms with Crippen molar-refractivity contribution in [3.8, 4) is 0 Å². The van der Waals surface area contributed by atoms with E-state index in [1.165, 1.54) is 0 Å². The number of aliphatic hydroxyl groups is 4. The molecular formula is C32H54O15. The highest BCUT2D eigenvalue weighted by atomic mass is 16.8. The second kappa shape index (κ2) is 18.4. The lowest BCUT2D eigenvalue weighted by Crippen LogP contribution is -2.64. The largest absolute Gasteiger partial charge is 0.463 e. The van der Waals surface area contributed by atoms with Crippen molar-refractivity contribution in [2.24, 2.45) is 23.7 Å². The summed E-state index contributed by atoms with van der Waals surface area (Å²) in [6.07, 6.45) is -13.0. The van der Waals surface area contributed by atoms with E-state index in [0.29, 0.717) is 6.42 Å². The molecule has 2 heterocycles. The van der Waals surface area contributed by atoms with Gasteiger partial charge in [0.25, 0.3) is 0 Å². The van der Waals surface area contributed by atoms with Crippen molar-refractivity contribution in [1.29, 1.82) is 0 Å². The van der Waals surface area contributed by atoms with E-state index in [0.717, 1.165) is 0 Å². The zero-order valence-electron chi connectivity index (χ0n) is 28.7. The number of hydrogen-bond donors (Lipinski definition) is 4. The lowest BCUT2D eigenvalue weighted by atomic mass is 9.98. The highest BCUT2D eigenvalue weighted by Crippen LogP contribution is 2.40. The Morgan fingerprint density at radius 3 is 1.83 bits per heavy atom. The van der Waals surface area contributed by atoms with E-state index in [4.69, 9.17) is 33.2 Å². The molecule has 0 amide bonds. The monoisotopic (exact) mass is 678 g/mol. The van der Waals surface area contributed by atoms with E-state index in [9.17, 15) is 39.6 Å². The third-order valence-corrected chi connectivity index (χ3v) is 7.71. The fourth-order valence-electron chi connectivity index (χ4n) is 4.96. The Labute approximate surface area is 276 Å². The summed E-state index contributed by atoms with van der Waals surface area (Å²) < 4.78 is 40.1. The molecule has 0 radical (unpaired) electrons. The fraction of sp³-hybridized carbons (Fsp3) is 0.875. The number of hydrogen-bond acceptors (Lipinski definition) is 15. The predicted molar refractivity (Wildman–Crippen MR) is 162 cm³/mol. The van der Waals surface area contributed by atoms with Crippen molar-refractivity contribution in [3.63, 3.8) is 0 Å². The number of esters is 4. The topological polar surface area (TPSA) is 214 Å². The molecule has 0 bridgehead atoms. The summed E-state index contributed by atoms with van der Waals surface area (Å²) in [5.41, 5.74) is 0. The minimum absolute atomic E-state index is 0.0240. The van der Waals surface area contributed by atoms with Crippen LogP contribution in [0.1, 0.15) is 81.1 Å². The van der Waals surface area contributed by atoms with Crippen molar-refractivity contribution in [2.45, 2.75) is 136 Å². The van der Waals surface area contributed by atoms with E-state index >= 15 is 0 Å². The standard InChI is InChI=1S/C32H54O15/c1-9-19(8)30(40)42-15-32(47-31-28(44-23(35)11-17(4)5)27(39)25(37)20(13-33)43-31)29(45-24(36)12-18(6)7)26(38)21(46-32)14-41-22(34)10-16(2)3/h16-21,25-29,31,33,37-39H,9-15H2,1-8H3/t19-,20+,21+,25+,26+,27-,28+,29-,31+,32-/m0/s1. The summed E-state index contributed by atoms with van der Waals surface area (Å²) in [5.74, 6) is -6.05. The van der Waals surface area contributed by atoms with Gasteiger partial charge in [0.15, 0.2) is 12.2 Å². The van der Waals surface area contributed by atoms with Crippen LogP contribution in [0.25, 0.3) is 0 Å². The molecule has 2 fully saturated rings. The molecule has 0 unspecified atom stereocenters. The Kier molecular flexibility index (Phi) is 16.0. The van der Waals surface area contributed by atoms with Gasteiger partial charge in [-0.15, -0.1) is 0 Å². The van der Waals surface area contributed by atoms with Crippen molar-refractivity contribution in [2.75, 3.05) is 19.8 Å². The summed E-state index contributed by atoms with van der Waals surface area (Å²) in [6.45, 7) is 12.0. The highest BCUT2D eigenvalue weighted by Gasteiger charge is 2.62. The molecule has 0 aromatic rings. The summed E-state index contributed by atoms with van der Waals surface area (Å²) in [4.78, 5) is 50.9. The van der Waals surface area contributed by atoms with Gasteiger partial charge < -0.3 is 53.6 Å². The second-order valence-corrected chi connectivity index (χ2v) is 13.5. The first-order chi connectivity index (χ1) is 21.9. The van der Waals surface area contributed by atoms with Gasteiger partial charge in [0.05, 0.1) is 12.5 Å². The maximum atomic E-state index is 13.0. The molecule has 2 aliphatic rings. The van der Waals surface area contributed by atoms with Gasteiger partial charge in [-0.1, -0.05) is 55.4 Å². The molecule has 0 aromatic heterocycles. The van der Waals surface area contributed by atoms with Gasteiger partial charge in [0, 0.05) is 19.3 Å². The summed E-state index contributed by atoms with van der Waals surface area (Å²) in [6, 6.07) is 0. The molecule has 15 heteroatoms. The van der Waals surface area contributed by atoms with E-state index in [2.05, 4.69) is 0 Å². The quantitative estimate of drug-likeness (QED) is 0.125. The molecule has 0 aliphatic carbocycles. The van der Waals surface area contributed by atoms with Gasteiger partial charge in [0.2, 0.25) is 12.1 Å². The number of aliphatic hydroxyl groups excluding tert-OH is 4. The van der Waals surface area contributed by atoms with Crippen LogP contribution < -0.4 is 0 Å². The smallest absolute Gasteiger partial charge is 0.308 e. The fourth-order valence-corrected chi connectivity index (χ4v) is 4.96. The Morgan fingerprint density at radius 1 is 0.745 bits per heavy atom. The third kappa shape index (κ3) is 11.6. The molecule has 0 spiro atoms. The third-order valence-electron chi connectivity index (χ3n) is 7.71. The molecule has 272 valence electrons. The molecule has 4 N–H and O–H groups in total. The molecule has 10 atom stereocenters. The van der Waals surface area contributed by atoms with Crippen LogP contribution in [0.3, 0.4) is 0 Å². The molecule has 47 heavy (non-hydrogen) atoms. The molecule has 2 saturated heterocycles. The number of carbonyl (C=O) groups is 4. The maximum Gasteiger partial charge on any atom is 0.308 e. The Morgan fingerprint density at radius 2 is 1.30 bits per heavy atom. The zero-order valence-corrected chi connectivity index (χ0v) is 28.7. The van der Waals surface area contributed by atoms with Crippen molar-refractivity contribution < 1.29 is 72.8 Å². The molecular weight excluding hydrogens is 624 g/mol. The van der Waals surface area contributed by atoms with E-state index in [1.807, 2.05) is 13.8 Å². The van der Waals surface area contributed by atoms with Crippen LogP contribution in [-0.4, -0.2) is 119 Å². The van der Waals surface area contributed by atoms with Crippen molar-refractivity contribution in [3.05, 3.63) is 0 Å². The normalized spacial score (nSPS) is 31.6. The van der Waals surface area contributed by atoms with Crippen LogP contribution in [0.4, 0.5) is 0 Å². The van der Waals surface area contributed by atoms with E-state index in [1.54, 1.807) is 41.5 Å². The maximum absolute atomic E-state index is 13.0. The molecule has 2 aliphatic heterocycles. The van der Waals surface area contributed by atoms with Crippen LogP contribution >= 0.6 is 0 Å². The molecule has 0 saturated carbocycles. The summed E-state index contributed by atoms with van der Waals surface area (Å²) >= 11 is 0. The van der Waals surface area contributed by atoms with Crippen LogP contribution in [-0.2, 0) is 52.3 Å². The average molecular weight is 679 g/mol. The average Bonchev–Trinajstić information content (AvgIpc) is 3.22. The van der Waals surface area contributed by atoms with Crippen LogP contribution in [0.2, 0.25) is 0 Å². The predicted octanol–water partition coefficient (Wildman–Crippen LogP) is 0.992. The molecule has 2 rings (SSSR count). The zero-order chi connectivity index (χ0) is 35.6. The minimum atomic E-state index is -2.38. The molecule has 15 nitrogen and oxygen atoms in total.